The number of carbonyl (C=O) groups is 1. The van der Waals surface area contributed by atoms with E-state index in [2.05, 4.69) is 28.4 Å². The van der Waals surface area contributed by atoms with Crippen LogP contribution in [0.1, 0.15) is 60.8 Å². The zero-order valence-electron chi connectivity index (χ0n) is 20.5. The number of hydrogen-bond acceptors (Lipinski definition) is 4. The number of nitrogens with one attached hydrogen (secondary N) is 1. The van der Waals surface area contributed by atoms with Gasteiger partial charge in [-0.25, -0.2) is 8.42 Å². The van der Waals surface area contributed by atoms with Crippen LogP contribution in [0, 0.1) is 5.92 Å². The third-order valence-electron chi connectivity index (χ3n) is 7.95. The van der Waals surface area contributed by atoms with E-state index in [0.717, 1.165) is 38.9 Å². The highest BCUT2D eigenvalue weighted by molar-refractivity contribution is 7.89. The minimum Gasteiger partial charge on any atom is -0.352 e. The second-order valence-corrected chi connectivity index (χ2v) is 12.2. The number of amides is 1. The minimum atomic E-state index is -3.51. The van der Waals surface area contributed by atoms with Crippen molar-refractivity contribution in [1.29, 1.82) is 0 Å². The lowest BCUT2D eigenvalue weighted by Crippen LogP contribution is -2.43. The number of likely N-dealkylation sites (tertiary alicyclic amines) is 1. The summed E-state index contributed by atoms with van der Waals surface area (Å²) >= 11 is 0. The van der Waals surface area contributed by atoms with Gasteiger partial charge in [-0.15, -0.1) is 0 Å². The maximum Gasteiger partial charge on any atom is 0.243 e. The van der Waals surface area contributed by atoms with Crippen molar-refractivity contribution in [3.05, 3.63) is 64.7 Å². The Kier molecular flexibility index (Phi) is 7.56. The summed E-state index contributed by atoms with van der Waals surface area (Å²) in [5.41, 5.74) is 4.89. The lowest BCUT2D eigenvalue weighted by Gasteiger charge is -2.31. The van der Waals surface area contributed by atoms with Crippen LogP contribution in [0.3, 0.4) is 0 Å². The van der Waals surface area contributed by atoms with Gasteiger partial charge in [0, 0.05) is 32.1 Å². The molecule has 2 aromatic rings. The zero-order valence-corrected chi connectivity index (χ0v) is 21.4. The molecule has 1 N–H and O–H groups in total. The molecule has 3 aliphatic rings. The fraction of sp³-hybridized carbons (Fsp3) is 0.536. The van der Waals surface area contributed by atoms with Gasteiger partial charge in [0.1, 0.15) is 0 Å². The van der Waals surface area contributed by atoms with Crippen molar-refractivity contribution < 1.29 is 13.2 Å². The van der Waals surface area contributed by atoms with Gasteiger partial charge in [0.2, 0.25) is 15.9 Å². The van der Waals surface area contributed by atoms with Gasteiger partial charge in [0.25, 0.3) is 0 Å². The number of hydrogen-bond donors (Lipinski definition) is 1. The zero-order chi connectivity index (χ0) is 24.3. The molecule has 2 aliphatic heterocycles. The van der Waals surface area contributed by atoms with E-state index in [1.54, 1.807) is 10.4 Å². The van der Waals surface area contributed by atoms with E-state index in [4.69, 9.17) is 0 Å². The average Bonchev–Trinajstić information content (AvgIpc) is 3.37. The maximum absolute atomic E-state index is 13.2. The molecule has 1 aliphatic carbocycles. The Bertz CT molecular complexity index is 1150. The van der Waals surface area contributed by atoms with Crippen molar-refractivity contribution in [2.45, 2.75) is 69.4 Å². The monoisotopic (exact) mass is 495 g/mol. The Morgan fingerprint density at radius 3 is 2.34 bits per heavy atom. The molecule has 0 unspecified atom stereocenters. The molecule has 0 saturated carbocycles. The van der Waals surface area contributed by atoms with Crippen LogP contribution in [-0.4, -0.2) is 49.7 Å². The quantitative estimate of drug-likeness (QED) is 0.633. The van der Waals surface area contributed by atoms with Crippen molar-refractivity contribution in [1.82, 2.24) is 14.5 Å². The van der Waals surface area contributed by atoms with Crippen molar-refractivity contribution >= 4 is 15.9 Å². The molecule has 7 heteroatoms. The molecule has 0 atom stereocenters. The Morgan fingerprint density at radius 2 is 1.57 bits per heavy atom. The molecule has 1 amide bonds. The first-order valence-corrected chi connectivity index (χ1v) is 14.6. The van der Waals surface area contributed by atoms with Gasteiger partial charge in [-0.3, -0.25) is 9.69 Å². The molecule has 2 heterocycles. The predicted molar refractivity (Wildman–Crippen MR) is 137 cm³/mol. The number of sulfonamides is 1. The third kappa shape index (κ3) is 5.63. The van der Waals surface area contributed by atoms with Crippen LogP contribution in [0.25, 0.3) is 0 Å². The lowest BCUT2D eigenvalue weighted by atomic mass is 9.97. The highest BCUT2D eigenvalue weighted by Gasteiger charge is 2.32. The Hall–Kier alpha value is -2.22. The molecule has 6 nitrogen and oxygen atoms in total. The summed E-state index contributed by atoms with van der Waals surface area (Å²) in [5, 5.41) is 3.13. The first kappa shape index (κ1) is 24.5. The molecule has 0 aromatic heterocycles. The highest BCUT2D eigenvalue weighted by atomic mass is 32.2. The topological polar surface area (TPSA) is 69.7 Å². The Balaban J connectivity index is 1.15. The summed E-state index contributed by atoms with van der Waals surface area (Å²) in [6.07, 6.45) is 8.07. The normalized spacial score (nSPS) is 20.0. The molecule has 2 saturated heterocycles. The van der Waals surface area contributed by atoms with Gasteiger partial charge in [-0.2, -0.15) is 4.31 Å². The first-order chi connectivity index (χ1) is 17.0. The summed E-state index contributed by atoms with van der Waals surface area (Å²) in [4.78, 5) is 15.8. The molecule has 0 bridgehead atoms. The number of fused-ring (bicyclic) bond motifs is 1. The third-order valence-corrected chi connectivity index (χ3v) is 9.84. The van der Waals surface area contributed by atoms with E-state index in [-0.39, 0.29) is 11.8 Å². The number of carbonyl (C=O) groups excluding carboxylic acids is 1. The summed E-state index contributed by atoms with van der Waals surface area (Å²) < 4.78 is 28.0. The van der Waals surface area contributed by atoms with Crippen LogP contribution < -0.4 is 5.32 Å². The molecule has 188 valence electrons. The minimum absolute atomic E-state index is 0.0346. The van der Waals surface area contributed by atoms with E-state index in [0.29, 0.717) is 37.4 Å². The van der Waals surface area contributed by atoms with Crippen LogP contribution in [0.5, 0.6) is 0 Å². The number of nitrogens with zero attached hydrogens (tertiary/aromatic N) is 2. The fourth-order valence-corrected chi connectivity index (χ4v) is 7.31. The second-order valence-electron chi connectivity index (χ2n) is 10.3. The van der Waals surface area contributed by atoms with E-state index in [9.17, 15) is 13.2 Å². The van der Waals surface area contributed by atoms with E-state index >= 15 is 0 Å². The van der Waals surface area contributed by atoms with Crippen molar-refractivity contribution in [3.63, 3.8) is 0 Å². The van der Waals surface area contributed by atoms with Crippen LogP contribution in [0.2, 0.25) is 0 Å². The molecule has 35 heavy (non-hydrogen) atoms. The maximum atomic E-state index is 13.2. The molecule has 2 fully saturated rings. The standard InChI is InChI=1S/C28H37N3O3S/c32-28(29-20-25-7-2-3-8-26(25)21-30-15-4-1-5-16-30)23-13-17-31(18-14-23)35(33,34)27-12-11-22-9-6-10-24(22)19-27/h2-3,7-8,11-12,19,23H,1,4-6,9-10,13-18,20-21H2,(H,29,32). The second kappa shape index (κ2) is 10.8. The van der Waals surface area contributed by atoms with Gasteiger partial charge in [0.05, 0.1) is 4.90 Å². The van der Waals surface area contributed by atoms with Crippen molar-refractivity contribution in [3.8, 4) is 0 Å². The smallest absolute Gasteiger partial charge is 0.243 e. The van der Waals surface area contributed by atoms with Crippen LogP contribution >= 0.6 is 0 Å². The molecule has 0 radical (unpaired) electrons. The Labute approximate surface area is 209 Å². The van der Waals surface area contributed by atoms with Gasteiger partial charge in [0.15, 0.2) is 0 Å². The number of piperidine rings is 2. The van der Waals surface area contributed by atoms with Crippen molar-refractivity contribution in [2.24, 2.45) is 5.92 Å². The SMILES string of the molecule is O=C(NCc1ccccc1CN1CCCCC1)C1CCN(S(=O)(=O)c2ccc3c(c2)CCC3)CC1. The number of rotatable bonds is 7. The van der Waals surface area contributed by atoms with Gasteiger partial charge >= 0.3 is 0 Å². The van der Waals surface area contributed by atoms with E-state index in [1.807, 2.05) is 18.2 Å². The first-order valence-electron chi connectivity index (χ1n) is 13.2. The molecule has 0 spiro atoms. The van der Waals surface area contributed by atoms with Crippen LogP contribution in [0.4, 0.5) is 0 Å². The molecule has 5 rings (SSSR count). The average molecular weight is 496 g/mol. The van der Waals surface area contributed by atoms with E-state index in [1.165, 1.54) is 41.5 Å². The summed E-state index contributed by atoms with van der Waals surface area (Å²) in [6, 6.07) is 13.9. The molecular formula is C28H37N3O3S. The van der Waals surface area contributed by atoms with Gasteiger partial charge in [-0.05, 0) is 92.4 Å². The Morgan fingerprint density at radius 1 is 0.857 bits per heavy atom. The number of aryl methyl sites for hydroxylation is 2. The lowest BCUT2D eigenvalue weighted by molar-refractivity contribution is -0.126. The molecule has 2 aromatic carbocycles. The van der Waals surface area contributed by atoms with Gasteiger partial charge < -0.3 is 5.32 Å². The van der Waals surface area contributed by atoms with Crippen molar-refractivity contribution in [2.75, 3.05) is 26.2 Å². The molecular weight excluding hydrogens is 458 g/mol. The largest absolute Gasteiger partial charge is 0.352 e. The van der Waals surface area contributed by atoms with E-state index < -0.39 is 10.0 Å². The number of benzene rings is 2. The highest BCUT2D eigenvalue weighted by Crippen LogP contribution is 2.28. The van der Waals surface area contributed by atoms with Crippen LogP contribution in [0.15, 0.2) is 47.4 Å². The summed E-state index contributed by atoms with van der Waals surface area (Å²) in [7, 11) is -3.51. The predicted octanol–water partition coefficient (Wildman–Crippen LogP) is 3.88. The fourth-order valence-electron chi connectivity index (χ4n) is 5.79. The van der Waals surface area contributed by atoms with Gasteiger partial charge in [-0.1, -0.05) is 36.8 Å². The summed E-state index contributed by atoms with van der Waals surface area (Å²) in [5.74, 6) is -0.108. The van der Waals surface area contributed by atoms with Crippen LogP contribution in [-0.2, 0) is 40.7 Å². The summed E-state index contributed by atoms with van der Waals surface area (Å²) in [6.45, 7) is 4.54.